The summed E-state index contributed by atoms with van der Waals surface area (Å²) in [5.41, 5.74) is 0.775. The van der Waals surface area contributed by atoms with E-state index in [1.54, 1.807) is 0 Å². The molecule has 0 bridgehead atoms. The molecule has 0 aliphatic heterocycles. The minimum atomic E-state index is 0.417. The number of hydrogen-bond donors (Lipinski definition) is 1. The van der Waals surface area contributed by atoms with Gasteiger partial charge in [-0.3, -0.25) is 0 Å². The van der Waals surface area contributed by atoms with Gasteiger partial charge in [0.1, 0.15) is 0 Å². The van der Waals surface area contributed by atoms with E-state index in [9.17, 15) is 0 Å². The van der Waals surface area contributed by atoms with Gasteiger partial charge in [0, 0.05) is 11.0 Å². The van der Waals surface area contributed by atoms with E-state index in [1.165, 1.54) is 0 Å². The number of thioether (sulfide) groups is 1. The van der Waals surface area contributed by atoms with Crippen molar-refractivity contribution in [3.05, 3.63) is 0 Å². The first-order chi connectivity index (χ1) is 3.68. The predicted octanol–water partition coefficient (Wildman–Crippen LogP) is 2.17. The van der Waals surface area contributed by atoms with Gasteiger partial charge in [0.05, 0.1) is 0 Å². The zero-order valence-electron chi connectivity index (χ0n) is 5.69. The lowest BCUT2D eigenvalue weighted by atomic mass is 10.3. The molecule has 0 aromatic carbocycles. The molecular weight excluding hydrogens is 118 g/mol. The van der Waals surface area contributed by atoms with Gasteiger partial charge in [0.2, 0.25) is 0 Å². The fourth-order valence-electron chi connectivity index (χ4n) is 0.375. The molecule has 0 saturated carbocycles. The van der Waals surface area contributed by atoms with Crippen LogP contribution in [0.4, 0.5) is 0 Å². The van der Waals surface area contributed by atoms with E-state index < -0.39 is 0 Å². The molecule has 0 amide bonds. The van der Waals surface area contributed by atoms with Crippen molar-refractivity contribution in [3.8, 4) is 0 Å². The van der Waals surface area contributed by atoms with Gasteiger partial charge in [0.25, 0.3) is 0 Å². The van der Waals surface area contributed by atoms with Crippen LogP contribution in [-0.2, 0) is 0 Å². The largest absolute Gasteiger partial charge is 0.309 e. The molecule has 0 saturated heterocycles. The SMILES string of the molecule is CCSC(C)C(C)=N. The van der Waals surface area contributed by atoms with Crippen molar-refractivity contribution in [2.75, 3.05) is 5.75 Å². The zero-order chi connectivity index (χ0) is 6.57. The van der Waals surface area contributed by atoms with E-state index in [2.05, 4.69) is 13.8 Å². The highest BCUT2D eigenvalue weighted by atomic mass is 32.2. The first-order valence-electron chi connectivity index (χ1n) is 2.85. The average Bonchev–Trinajstić information content (AvgIpc) is 1.67. The third kappa shape index (κ3) is 3.08. The monoisotopic (exact) mass is 131 g/mol. The lowest BCUT2D eigenvalue weighted by Crippen LogP contribution is -2.06. The summed E-state index contributed by atoms with van der Waals surface area (Å²) in [6.45, 7) is 6.04. The van der Waals surface area contributed by atoms with E-state index in [0.717, 1.165) is 11.5 Å². The summed E-state index contributed by atoms with van der Waals surface area (Å²) < 4.78 is 0. The van der Waals surface area contributed by atoms with Crippen LogP contribution in [0.25, 0.3) is 0 Å². The summed E-state index contributed by atoms with van der Waals surface area (Å²) in [6, 6.07) is 0. The minimum absolute atomic E-state index is 0.417. The molecule has 0 rings (SSSR count). The van der Waals surface area contributed by atoms with Crippen LogP contribution in [0.1, 0.15) is 20.8 Å². The van der Waals surface area contributed by atoms with E-state index in [-0.39, 0.29) is 0 Å². The Morgan fingerprint density at radius 2 is 2.25 bits per heavy atom. The third-order valence-corrected chi connectivity index (χ3v) is 2.21. The number of nitrogens with one attached hydrogen (secondary N) is 1. The Balaban J connectivity index is 3.32. The summed E-state index contributed by atoms with van der Waals surface area (Å²) in [5, 5.41) is 7.60. The minimum Gasteiger partial charge on any atom is -0.309 e. The topological polar surface area (TPSA) is 23.9 Å². The Kier molecular flexibility index (Phi) is 3.97. The maximum absolute atomic E-state index is 7.18. The molecule has 1 unspecified atom stereocenters. The highest BCUT2D eigenvalue weighted by Gasteiger charge is 2.00. The van der Waals surface area contributed by atoms with Crippen LogP contribution in [0.15, 0.2) is 0 Å². The Hall–Kier alpha value is 0.0200. The standard InChI is InChI=1S/C6H13NS/c1-4-8-6(3)5(2)7/h6-7H,4H2,1-3H3. The first-order valence-corrected chi connectivity index (χ1v) is 3.90. The van der Waals surface area contributed by atoms with Crippen molar-refractivity contribution in [1.82, 2.24) is 0 Å². The maximum Gasteiger partial charge on any atom is 0.0392 e. The average molecular weight is 131 g/mol. The summed E-state index contributed by atoms with van der Waals surface area (Å²) in [4.78, 5) is 0. The first kappa shape index (κ1) is 8.02. The lowest BCUT2D eigenvalue weighted by Gasteiger charge is -2.05. The van der Waals surface area contributed by atoms with Gasteiger partial charge in [-0.2, -0.15) is 11.8 Å². The normalized spacial score (nSPS) is 13.4. The summed E-state index contributed by atoms with van der Waals surface area (Å²) in [6.07, 6.45) is 0. The molecule has 0 aromatic rings. The van der Waals surface area contributed by atoms with Crippen molar-refractivity contribution in [2.45, 2.75) is 26.0 Å². The van der Waals surface area contributed by atoms with E-state index in [4.69, 9.17) is 5.41 Å². The quantitative estimate of drug-likeness (QED) is 0.583. The second-order valence-electron chi connectivity index (χ2n) is 1.78. The molecule has 0 heterocycles. The van der Waals surface area contributed by atoms with Crippen molar-refractivity contribution in [1.29, 1.82) is 5.41 Å². The summed E-state index contributed by atoms with van der Waals surface area (Å²) in [5.74, 6) is 1.11. The van der Waals surface area contributed by atoms with Crippen LogP contribution in [0.2, 0.25) is 0 Å². The number of hydrogen-bond acceptors (Lipinski definition) is 2. The molecule has 8 heavy (non-hydrogen) atoms. The third-order valence-electron chi connectivity index (χ3n) is 1.03. The van der Waals surface area contributed by atoms with Crippen LogP contribution in [-0.4, -0.2) is 16.7 Å². The Bertz CT molecular complexity index is 80.6. The van der Waals surface area contributed by atoms with Gasteiger partial charge < -0.3 is 5.41 Å². The van der Waals surface area contributed by atoms with Gasteiger partial charge in [-0.15, -0.1) is 0 Å². The van der Waals surface area contributed by atoms with E-state index in [1.807, 2.05) is 18.7 Å². The molecule has 0 aromatic heterocycles. The maximum atomic E-state index is 7.18. The van der Waals surface area contributed by atoms with Crippen molar-refractivity contribution in [3.63, 3.8) is 0 Å². The molecule has 1 atom stereocenters. The Morgan fingerprint density at radius 1 is 1.75 bits per heavy atom. The van der Waals surface area contributed by atoms with Crippen molar-refractivity contribution < 1.29 is 0 Å². The lowest BCUT2D eigenvalue weighted by molar-refractivity contribution is 1.24. The molecule has 1 nitrogen and oxygen atoms in total. The van der Waals surface area contributed by atoms with Crippen molar-refractivity contribution >= 4 is 17.5 Å². The van der Waals surface area contributed by atoms with Crippen molar-refractivity contribution in [2.24, 2.45) is 0 Å². The second kappa shape index (κ2) is 3.96. The smallest absolute Gasteiger partial charge is 0.0392 e. The molecule has 0 spiro atoms. The van der Waals surface area contributed by atoms with Crippen LogP contribution < -0.4 is 0 Å². The molecule has 0 aliphatic carbocycles. The van der Waals surface area contributed by atoms with E-state index in [0.29, 0.717) is 5.25 Å². The summed E-state index contributed by atoms with van der Waals surface area (Å²) in [7, 11) is 0. The Morgan fingerprint density at radius 3 is 2.38 bits per heavy atom. The van der Waals surface area contributed by atoms with Gasteiger partial charge in [-0.25, -0.2) is 0 Å². The fraction of sp³-hybridized carbons (Fsp3) is 0.833. The van der Waals surface area contributed by atoms with Gasteiger partial charge in [-0.1, -0.05) is 6.92 Å². The number of rotatable bonds is 3. The van der Waals surface area contributed by atoms with Crippen LogP contribution in [0.3, 0.4) is 0 Å². The molecule has 48 valence electrons. The second-order valence-corrected chi connectivity index (χ2v) is 3.40. The Labute approximate surface area is 55.4 Å². The predicted molar refractivity (Wildman–Crippen MR) is 41.0 cm³/mol. The molecular formula is C6H13NS. The van der Waals surface area contributed by atoms with Crippen LogP contribution in [0.5, 0.6) is 0 Å². The molecule has 2 heteroatoms. The van der Waals surface area contributed by atoms with Gasteiger partial charge >= 0.3 is 0 Å². The molecule has 0 fully saturated rings. The van der Waals surface area contributed by atoms with Gasteiger partial charge in [0.15, 0.2) is 0 Å². The fourth-order valence-corrected chi connectivity index (χ4v) is 1.12. The molecule has 0 aliphatic rings. The molecule has 0 radical (unpaired) electrons. The van der Waals surface area contributed by atoms with Crippen LogP contribution >= 0.6 is 11.8 Å². The molecule has 1 N–H and O–H groups in total. The highest BCUT2D eigenvalue weighted by molar-refractivity contribution is 8.00. The van der Waals surface area contributed by atoms with Gasteiger partial charge in [-0.05, 0) is 19.6 Å². The van der Waals surface area contributed by atoms with Crippen LogP contribution in [0, 0.1) is 5.41 Å². The summed E-state index contributed by atoms with van der Waals surface area (Å²) >= 11 is 1.81. The zero-order valence-corrected chi connectivity index (χ0v) is 6.51. The van der Waals surface area contributed by atoms with E-state index >= 15 is 0 Å². The highest BCUT2D eigenvalue weighted by Crippen LogP contribution is 2.09.